The smallest absolute Gasteiger partial charge is 0.314 e. The van der Waals surface area contributed by atoms with Crippen molar-refractivity contribution in [2.75, 3.05) is 6.61 Å². The van der Waals surface area contributed by atoms with Gasteiger partial charge in [0, 0.05) is 22.8 Å². The third-order valence-electron chi connectivity index (χ3n) is 6.89. The van der Waals surface area contributed by atoms with Crippen LogP contribution in [0.3, 0.4) is 0 Å². The van der Waals surface area contributed by atoms with Crippen molar-refractivity contribution in [1.82, 2.24) is 0 Å². The molecule has 1 aliphatic rings. The SMILES string of the molecule is CCOc1ccc(-c2ccc(OC(=O)C3CCC(c4ccc(C(C)O)c(F)c4F)CC3)cc2F)c(F)c1F. The molecule has 1 atom stereocenters. The fraction of sp³-hybridized carbons (Fsp3) is 0.345. The molecule has 38 heavy (non-hydrogen) atoms. The number of aliphatic hydroxyl groups is 1. The average molecular weight is 535 g/mol. The first-order chi connectivity index (χ1) is 18.1. The quantitative estimate of drug-likeness (QED) is 0.195. The zero-order valence-corrected chi connectivity index (χ0v) is 20.9. The van der Waals surface area contributed by atoms with Crippen molar-refractivity contribution >= 4 is 5.97 Å². The first-order valence-electron chi connectivity index (χ1n) is 12.4. The topological polar surface area (TPSA) is 55.8 Å². The Morgan fingerprint density at radius 2 is 1.58 bits per heavy atom. The zero-order chi connectivity index (χ0) is 27.6. The minimum Gasteiger partial charge on any atom is -0.491 e. The van der Waals surface area contributed by atoms with E-state index in [2.05, 4.69) is 0 Å². The Kier molecular flexibility index (Phi) is 8.35. The normalized spacial score (nSPS) is 18.2. The Morgan fingerprint density at radius 3 is 2.21 bits per heavy atom. The lowest BCUT2D eigenvalue weighted by Gasteiger charge is -2.28. The molecule has 9 heteroatoms. The number of aliphatic hydroxyl groups excluding tert-OH is 1. The predicted octanol–water partition coefficient (Wildman–Crippen LogP) is 7.38. The summed E-state index contributed by atoms with van der Waals surface area (Å²) in [6.45, 7) is 3.11. The van der Waals surface area contributed by atoms with Gasteiger partial charge in [-0.3, -0.25) is 4.79 Å². The van der Waals surface area contributed by atoms with Crippen molar-refractivity contribution in [3.8, 4) is 22.6 Å². The van der Waals surface area contributed by atoms with E-state index in [0.29, 0.717) is 25.7 Å². The lowest BCUT2D eigenvalue weighted by atomic mass is 9.78. The number of esters is 1. The third kappa shape index (κ3) is 5.53. The predicted molar refractivity (Wildman–Crippen MR) is 130 cm³/mol. The molecule has 1 N–H and O–H groups in total. The molecule has 0 aromatic heterocycles. The van der Waals surface area contributed by atoms with E-state index >= 15 is 0 Å². The second-order valence-electron chi connectivity index (χ2n) is 9.33. The molecule has 1 unspecified atom stereocenters. The Balaban J connectivity index is 1.41. The maximum Gasteiger partial charge on any atom is 0.314 e. The average Bonchev–Trinajstić information content (AvgIpc) is 2.89. The summed E-state index contributed by atoms with van der Waals surface area (Å²) in [4.78, 5) is 12.7. The second kappa shape index (κ2) is 11.5. The number of rotatable bonds is 7. The first-order valence-corrected chi connectivity index (χ1v) is 12.4. The molecule has 1 saturated carbocycles. The van der Waals surface area contributed by atoms with Crippen LogP contribution in [0.5, 0.6) is 11.5 Å². The lowest BCUT2D eigenvalue weighted by molar-refractivity contribution is -0.140. The van der Waals surface area contributed by atoms with Crippen LogP contribution in [-0.2, 0) is 4.79 Å². The number of carbonyl (C=O) groups is 1. The third-order valence-corrected chi connectivity index (χ3v) is 6.89. The standard InChI is InChI=1S/C29H27F5O4/c1-3-37-24-13-12-22(27(33)28(24)34)21-9-8-18(14-23(21)30)38-29(36)17-6-4-16(5-7-17)20-11-10-19(15(2)35)25(31)26(20)32/h8-17,35H,3-7H2,1-2H3. The molecule has 0 bridgehead atoms. The van der Waals surface area contributed by atoms with Crippen LogP contribution >= 0.6 is 0 Å². The number of benzene rings is 3. The summed E-state index contributed by atoms with van der Waals surface area (Å²) >= 11 is 0. The molecule has 1 aliphatic carbocycles. The summed E-state index contributed by atoms with van der Waals surface area (Å²) in [5, 5.41) is 9.57. The summed E-state index contributed by atoms with van der Waals surface area (Å²) in [7, 11) is 0. The van der Waals surface area contributed by atoms with E-state index in [1.165, 1.54) is 43.3 Å². The fourth-order valence-corrected chi connectivity index (χ4v) is 4.84. The van der Waals surface area contributed by atoms with Crippen LogP contribution in [0.25, 0.3) is 11.1 Å². The maximum atomic E-state index is 14.8. The maximum absolute atomic E-state index is 14.8. The van der Waals surface area contributed by atoms with Gasteiger partial charge in [0.05, 0.1) is 18.6 Å². The second-order valence-corrected chi connectivity index (χ2v) is 9.33. The summed E-state index contributed by atoms with van der Waals surface area (Å²) in [5.74, 6) is -7.22. The summed E-state index contributed by atoms with van der Waals surface area (Å²) in [6.07, 6.45) is 0.420. The molecular weight excluding hydrogens is 507 g/mol. The molecule has 0 radical (unpaired) electrons. The van der Waals surface area contributed by atoms with Crippen molar-refractivity contribution in [2.24, 2.45) is 5.92 Å². The van der Waals surface area contributed by atoms with Gasteiger partial charge in [-0.1, -0.05) is 12.1 Å². The lowest BCUT2D eigenvalue weighted by Crippen LogP contribution is -2.25. The molecular formula is C29H27F5O4. The van der Waals surface area contributed by atoms with E-state index in [1.54, 1.807) is 6.92 Å². The van der Waals surface area contributed by atoms with Gasteiger partial charge in [0.2, 0.25) is 5.82 Å². The molecule has 202 valence electrons. The molecule has 0 saturated heterocycles. The summed E-state index contributed by atoms with van der Waals surface area (Å²) < 4.78 is 82.7. The molecule has 3 aromatic carbocycles. The Hall–Kier alpha value is -3.46. The highest BCUT2D eigenvalue weighted by Gasteiger charge is 2.31. The van der Waals surface area contributed by atoms with E-state index < -0.39 is 47.1 Å². The van der Waals surface area contributed by atoms with Crippen LogP contribution in [0.1, 0.15) is 62.7 Å². The highest BCUT2D eigenvalue weighted by molar-refractivity contribution is 5.76. The van der Waals surface area contributed by atoms with Gasteiger partial charge in [0.1, 0.15) is 11.6 Å². The van der Waals surface area contributed by atoms with Gasteiger partial charge < -0.3 is 14.6 Å². The highest BCUT2D eigenvalue weighted by Crippen LogP contribution is 2.39. The largest absolute Gasteiger partial charge is 0.491 e. The van der Waals surface area contributed by atoms with Crippen LogP contribution < -0.4 is 9.47 Å². The molecule has 4 rings (SSSR count). The molecule has 0 heterocycles. The molecule has 3 aromatic rings. The van der Waals surface area contributed by atoms with E-state index in [0.717, 1.165) is 6.07 Å². The number of halogens is 5. The minimum atomic E-state index is -1.26. The van der Waals surface area contributed by atoms with E-state index in [-0.39, 0.29) is 46.3 Å². The summed E-state index contributed by atoms with van der Waals surface area (Å²) in [6, 6.07) is 8.66. The molecule has 1 fully saturated rings. The number of hydrogen-bond donors (Lipinski definition) is 1. The number of ether oxygens (including phenoxy) is 2. The number of hydrogen-bond acceptors (Lipinski definition) is 4. The monoisotopic (exact) mass is 534 g/mol. The van der Waals surface area contributed by atoms with Crippen LogP contribution in [0, 0.1) is 35.0 Å². The Morgan fingerprint density at radius 1 is 0.895 bits per heavy atom. The summed E-state index contributed by atoms with van der Waals surface area (Å²) in [5.41, 5.74) is -0.420. The number of carbonyl (C=O) groups excluding carboxylic acids is 1. The molecule has 4 nitrogen and oxygen atoms in total. The van der Waals surface area contributed by atoms with Crippen molar-refractivity contribution in [3.63, 3.8) is 0 Å². The van der Waals surface area contributed by atoms with Crippen molar-refractivity contribution in [1.29, 1.82) is 0 Å². The van der Waals surface area contributed by atoms with Crippen LogP contribution in [0.15, 0.2) is 42.5 Å². The van der Waals surface area contributed by atoms with Gasteiger partial charge in [-0.25, -0.2) is 17.6 Å². The fourth-order valence-electron chi connectivity index (χ4n) is 4.84. The van der Waals surface area contributed by atoms with E-state index in [4.69, 9.17) is 9.47 Å². The molecule has 0 spiro atoms. The first kappa shape index (κ1) is 27.6. The highest BCUT2D eigenvalue weighted by atomic mass is 19.2. The van der Waals surface area contributed by atoms with Crippen molar-refractivity contribution < 1.29 is 41.3 Å². The van der Waals surface area contributed by atoms with E-state index in [1.807, 2.05) is 0 Å². The molecule has 0 aliphatic heterocycles. The van der Waals surface area contributed by atoms with Gasteiger partial charge in [0.15, 0.2) is 23.2 Å². The molecule has 0 amide bonds. The van der Waals surface area contributed by atoms with Gasteiger partial charge in [-0.15, -0.1) is 0 Å². The van der Waals surface area contributed by atoms with Crippen molar-refractivity contribution in [2.45, 2.75) is 51.6 Å². The van der Waals surface area contributed by atoms with Crippen LogP contribution in [0.4, 0.5) is 22.0 Å². The Bertz CT molecular complexity index is 1330. The van der Waals surface area contributed by atoms with Crippen LogP contribution in [-0.4, -0.2) is 17.7 Å². The Labute approximate surface area is 217 Å². The van der Waals surface area contributed by atoms with Gasteiger partial charge in [-0.2, -0.15) is 4.39 Å². The van der Waals surface area contributed by atoms with Gasteiger partial charge in [0.25, 0.3) is 0 Å². The van der Waals surface area contributed by atoms with Crippen LogP contribution in [0.2, 0.25) is 0 Å². The van der Waals surface area contributed by atoms with Gasteiger partial charge >= 0.3 is 5.97 Å². The minimum absolute atomic E-state index is 0.0907. The van der Waals surface area contributed by atoms with Gasteiger partial charge in [-0.05, 0) is 75.3 Å². The van der Waals surface area contributed by atoms with E-state index in [9.17, 15) is 31.9 Å². The van der Waals surface area contributed by atoms with Crippen molar-refractivity contribution in [3.05, 3.63) is 82.7 Å². The zero-order valence-electron chi connectivity index (χ0n) is 20.9.